The van der Waals surface area contributed by atoms with Crippen molar-refractivity contribution in [2.75, 3.05) is 33.2 Å². The summed E-state index contributed by atoms with van der Waals surface area (Å²) in [6.07, 6.45) is 1.33. The Balaban J connectivity index is 1.96. The smallest absolute Gasteiger partial charge is 0.0339 e. The number of rotatable bonds is 2. The van der Waals surface area contributed by atoms with E-state index in [1.807, 2.05) is 0 Å². The van der Waals surface area contributed by atoms with E-state index in [4.69, 9.17) is 11.6 Å². The van der Waals surface area contributed by atoms with Crippen LogP contribution in [0.15, 0.2) is 11.6 Å². The van der Waals surface area contributed by atoms with Crippen LogP contribution < -0.4 is 0 Å². The van der Waals surface area contributed by atoms with Gasteiger partial charge in [-0.05, 0) is 25.9 Å². The van der Waals surface area contributed by atoms with Crippen LogP contribution in [0.25, 0.3) is 0 Å². The Labute approximate surface area is 85.1 Å². The van der Waals surface area contributed by atoms with Gasteiger partial charge in [-0.25, -0.2) is 0 Å². The van der Waals surface area contributed by atoms with Crippen LogP contribution in [-0.2, 0) is 0 Å². The number of likely N-dealkylation sites (tertiary alicyclic amines) is 2. The first-order chi connectivity index (χ1) is 6.16. The Kier molecular flexibility index (Phi) is 2.63. The molecule has 2 aliphatic rings. The van der Waals surface area contributed by atoms with Gasteiger partial charge in [0.05, 0.1) is 0 Å². The van der Waals surface area contributed by atoms with Crippen molar-refractivity contribution in [3.63, 3.8) is 0 Å². The summed E-state index contributed by atoms with van der Waals surface area (Å²) in [5, 5.41) is 0.773. The molecule has 0 radical (unpaired) electrons. The quantitative estimate of drug-likeness (QED) is 0.665. The number of nitrogens with zero attached hydrogens (tertiary/aromatic N) is 2. The van der Waals surface area contributed by atoms with Crippen LogP contribution in [0.2, 0.25) is 0 Å². The van der Waals surface area contributed by atoms with Gasteiger partial charge in [-0.15, -0.1) is 0 Å². The minimum atomic E-state index is 0.737. The summed E-state index contributed by atoms with van der Waals surface area (Å²) < 4.78 is 0. The van der Waals surface area contributed by atoms with Crippen LogP contribution in [-0.4, -0.2) is 49.1 Å². The maximum Gasteiger partial charge on any atom is 0.0339 e. The fourth-order valence-electron chi connectivity index (χ4n) is 2.68. The van der Waals surface area contributed by atoms with Crippen molar-refractivity contribution in [3.05, 3.63) is 11.6 Å². The van der Waals surface area contributed by atoms with Crippen molar-refractivity contribution in [1.82, 2.24) is 9.80 Å². The maximum atomic E-state index is 5.83. The lowest BCUT2D eigenvalue weighted by atomic mass is 10.1. The van der Waals surface area contributed by atoms with Crippen LogP contribution >= 0.6 is 11.6 Å². The molecule has 0 aliphatic carbocycles. The Morgan fingerprint density at radius 2 is 2.31 bits per heavy atom. The zero-order valence-corrected chi connectivity index (χ0v) is 8.93. The molecule has 0 N–H and O–H groups in total. The highest BCUT2D eigenvalue weighted by atomic mass is 35.5. The van der Waals surface area contributed by atoms with E-state index in [2.05, 4.69) is 23.4 Å². The highest BCUT2D eigenvalue weighted by Crippen LogP contribution is 2.31. The molecule has 0 spiro atoms. The molecule has 0 aromatic carbocycles. The lowest BCUT2D eigenvalue weighted by Gasteiger charge is -2.23. The summed E-state index contributed by atoms with van der Waals surface area (Å²) in [6.45, 7) is 8.30. The van der Waals surface area contributed by atoms with Gasteiger partial charge >= 0.3 is 0 Å². The molecule has 2 aliphatic heterocycles. The highest BCUT2D eigenvalue weighted by Gasteiger charge is 2.39. The molecule has 2 rings (SSSR count). The van der Waals surface area contributed by atoms with Crippen molar-refractivity contribution in [2.24, 2.45) is 5.92 Å². The first-order valence-electron chi connectivity index (χ1n) is 4.92. The number of hydrogen-bond acceptors (Lipinski definition) is 2. The minimum absolute atomic E-state index is 0.737. The minimum Gasteiger partial charge on any atom is -0.304 e. The van der Waals surface area contributed by atoms with E-state index in [1.54, 1.807) is 0 Å². The van der Waals surface area contributed by atoms with E-state index < -0.39 is 0 Å². The molecule has 2 saturated heterocycles. The summed E-state index contributed by atoms with van der Waals surface area (Å²) in [5.74, 6) is 0.876. The van der Waals surface area contributed by atoms with Gasteiger partial charge in [0.15, 0.2) is 0 Å². The third kappa shape index (κ3) is 1.90. The van der Waals surface area contributed by atoms with Crippen molar-refractivity contribution in [3.8, 4) is 0 Å². The van der Waals surface area contributed by atoms with E-state index in [9.17, 15) is 0 Å². The fraction of sp³-hybridized carbons (Fsp3) is 0.800. The summed E-state index contributed by atoms with van der Waals surface area (Å²) >= 11 is 5.83. The topological polar surface area (TPSA) is 6.48 Å². The molecule has 2 heterocycles. The van der Waals surface area contributed by atoms with Crippen LogP contribution in [0.5, 0.6) is 0 Å². The van der Waals surface area contributed by atoms with Gasteiger partial charge in [-0.1, -0.05) is 18.2 Å². The van der Waals surface area contributed by atoms with E-state index in [0.29, 0.717) is 0 Å². The van der Waals surface area contributed by atoms with Crippen molar-refractivity contribution in [2.45, 2.75) is 12.5 Å². The Morgan fingerprint density at radius 1 is 1.54 bits per heavy atom. The Hall–Kier alpha value is -0.0500. The second-order valence-electron chi connectivity index (χ2n) is 4.33. The molecule has 2 unspecified atom stereocenters. The van der Waals surface area contributed by atoms with Crippen LogP contribution in [0.4, 0.5) is 0 Å². The molecular formula is C10H17ClN2. The summed E-state index contributed by atoms with van der Waals surface area (Å²) in [5.41, 5.74) is 0. The van der Waals surface area contributed by atoms with Gasteiger partial charge in [0.25, 0.3) is 0 Å². The summed E-state index contributed by atoms with van der Waals surface area (Å²) in [7, 11) is 2.20. The predicted octanol–water partition coefficient (Wildman–Crippen LogP) is 1.37. The van der Waals surface area contributed by atoms with Crippen molar-refractivity contribution >= 4 is 11.6 Å². The van der Waals surface area contributed by atoms with E-state index in [1.165, 1.54) is 26.1 Å². The molecular weight excluding hydrogens is 184 g/mol. The molecule has 2 atom stereocenters. The summed E-state index contributed by atoms with van der Waals surface area (Å²) in [6, 6.07) is 0.737. The lowest BCUT2D eigenvalue weighted by Crippen LogP contribution is -2.35. The molecule has 0 aromatic rings. The van der Waals surface area contributed by atoms with Gasteiger partial charge in [-0.3, -0.25) is 4.90 Å². The van der Waals surface area contributed by atoms with Crippen LogP contribution in [0.3, 0.4) is 0 Å². The van der Waals surface area contributed by atoms with Crippen molar-refractivity contribution < 1.29 is 0 Å². The van der Waals surface area contributed by atoms with Crippen LogP contribution in [0, 0.1) is 5.92 Å². The van der Waals surface area contributed by atoms with Gasteiger partial charge in [-0.2, -0.15) is 0 Å². The average molecular weight is 201 g/mol. The van der Waals surface area contributed by atoms with Gasteiger partial charge in [0, 0.05) is 30.7 Å². The maximum absolute atomic E-state index is 5.83. The number of hydrogen-bond donors (Lipinski definition) is 0. The SMILES string of the molecule is C=C(Cl)CN1CCC2CN(C)CC21. The van der Waals surface area contributed by atoms with Crippen molar-refractivity contribution in [1.29, 1.82) is 0 Å². The molecule has 0 bridgehead atoms. The van der Waals surface area contributed by atoms with E-state index >= 15 is 0 Å². The van der Waals surface area contributed by atoms with Gasteiger partial charge in [0.1, 0.15) is 0 Å². The summed E-state index contributed by atoms with van der Waals surface area (Å²) in [4.78, 5) is 4.89. The fourth-order valence-corrected chi connectivity index (χ4v) is 2.83. The molecule has 0 saturated carbocycles. The molecule has 74 valence electrons. The van der Waals surface area contributed by atoms with Crippen LogP contribution in [0.1, 0.15) is 6.42 Å². The second kappa shape index (κ2) is 3.60. The zero-order valence-electron chi connectivity index (χ0n) is 8.17. The molecule has 0 aromatic heterocycles. The average Bonchev–Trinajstić information content (AvgIpc) is 2.51. The predicted molar refractivity (Wildman–Crippen MR) is 56.0 cm³/mol. The Bertz CT molecular complexity index is 217. The molecule has 2 fully saturated rings. The normalized spacial score (nSPS) is 35.2. The molecule has 13 heavy (non-hydrogen) atoms. The van der Waals surface area contributed by atoms with E-state index in [-0.39, 0.29) is 0 Å². The second-order valence-corrected chi connectivity index (χ2v) is 4.86. The van der Waals surface area contributed by atoms with Gasteiger partial charge < -0.3 is 4.90 Å². The number of likely N-dealkylation sites (N-methyl/N-ethyl adjacent to an activating group) is 1. The zero-order chi connectivity index (χ0) is 9.42. The first kappa shape index (κ1) is 9.50. The Morgan fingerprint density at radius 3 is 3.00 bits per heavy atom. The lowest BCUT2D eigenvalue weighted by molar-refractivity contribution is 0.256. The molecule has 0 amide bonds. The monoisotopic (exact) mass is 200 g/mol. The first-order valence-corrected chi connectivity index (χ1v) is 5.30. The highest BCUT2D eigenvalue weighted by molar-refractivity contribution is 6.29. The standard InChI is InChI=1S/C10H17ClN2/c1-8(11)5-13-4-3-9-6-12(2)7-10(9)13/h9-10H,1,3-7H2,2H3. The van der Waals surface area contributed by atoms with E-state index in [0.717, 1.165) is 23.5 Å². The number of fused-ring (bicyclic) bond motifs is 1. The molecule has 2 nitrogen and oxygen atoms in total. The largest absolute Gasteiger partial charge is 0.304 e. The number of halogens is 1. The molecule has 3 heteroatoms. The van der Waals surface area contributed by atoms with Gasteiger partial charge in [0.2, 0.25) is 0 Å². The third-order valence-electron chi connectivity index (χ3n) is 3.22. The third-order valence-corrected chi connectivity index (χ3v) is 3.34.